The summed E-state index contributed by atoms with van der Waals surface area (Å²) in [5, 5.41) is 0. The number of benzene rings is 1. The van der Waals surface area contributed by atoms with Crippen LogP contribution < -0.4 is 4.74 Å². The first-order chi connectivity index (χ1) is 11.1. The second-order valence-electron chi connectivity index (χ2n) is 5.58. The highest BCUT2D eigenvalue weighted by atomic mass is 19.1. The van der Waals surface area contributed by atoms with Gasteiger partial charge in [-0.3, -0.25) is 9.88 Å². The minimum absolute atomic E-state index is 0.255. The Bertz CT molecular complexity index is 634. The van der Waals surface area contributed by atoms with Gasteiger partial charge in [0.15, 0.2) is 17.4 Å². The highest BCUT2D eigenvalue weighted by molar-refractivity contribution is 5.32. The molecule has 0 radical (unpaired) electrons. The molecule has 2 aromatic rings. The summed E-state index contributed by atoms with van der Waals surface area (Å²) in [6, 6.07) is 6.85. The molecule has 0 aliphatic heterocycles. The van der Waals surface area contributed by atoms with Crippen LogP contribution in [-0.2, 0) is 13.1 Å². The molecule has 0 N–H and O–H groups in total. The van der Waals surface area contributed by atoms with Crippen molar-refractivity contribution in [1.29, 1.82) is 0 Å². The maximum Gasteiger partial charge on any atom is 0.190 e. The van der Waals surface area contributed by atoms with Crippen LogP contribution in [0.1, 0.15) is 31.4 Å². The number of pyridine rings is 1. The van der Waals surface area contributed by atoms with Crippen molar-refractivity contribution in [3.63, 3.8) is 0 Å². The van der Waals surface area contributed by atoms with Crippen LogP contribution in [0.5, 0.6) is 5.75 Å². The van der Waals surface area contributed by atoms with Crippen molar-refractivity contribution in [3.05, 3.63) is 59.4 Å². The van der Waals surface area contributed by atoms with Gasteiger partial charge in [0.1, 0.15) is 0 Å². The molecule has 0 saturated heterocycles. The van der Waals surface area contributed by atoms with E-state index in [1.54, 1.807) is 12.4 Å². The van der Waals surface area contributed by atoms with Crippen molar-refractivity contribution < 1.29 is 13.5 Å². The molecule has 2 rings (SSSR count). The van der Waals surface area contributed by atoms with Gasteiger partial charge in [-0.1, -0.05) is 19.1 Å². The predicted octanol–water partition coefficient (Wildman–Crippen LogP) is 4.17. The van der Waals surface area contributed by atoms with Gasteiger partial charge in [0.2, 0.25) is 0 Å². The normalized spacial score (nSPS) is 12.4. The molecule has 0 bridgehead atoms. The number of rotatable bonds is 7. The fraction of sp³-hybridized carbons (Fsp3) is 0.389. The molecule has 0 spiro atoms. The highest BCUT2D eigenvalue weighted by Crippen LogP contribution is 2.26. The standard InChI is InChI=1S/C18H22F2N2O/c1-4-13(2)22(11-14-6-5-9-21-10-14)12-15-7-8-16(19)18(23-3)17(15)20/h5-10,13H,4,11-12H2,1-3H3/t13-/m1/s1. The molecule has 1 aromatic heterocycles. The summed E-state index contributed by atoms with van der Waals surface area (Å²) in [6.07, 6.45) is 4.46. The molecule has 0 amide bonds. The number of nitrogens with zero attached hydrogens (tertiary/aromatic N) is 2. The third-order valence-electron chi connectivity index (χ3n) is 4.03. The Kier molecular flexibility index (Phi) is 6.04. The van der Waals surface area contributed by atoms with Crippen LogP contribution in [0, 0.1) is 11.6 Å². The van der Waals surface area contributed by atoms with Gasteiger partial charge in [0.25, 0.3) is 0 Å². The van der Waals surface area contributed by atoms with Crippen molar-refractivity contribution in [2.24, 2.45) is 0 Å². The quantitative estimate of drug-likeness (QED) is 0.765. The molecule has 1 aromatic carbocycles. The average Bonchev–Trinajstić information content (AvgIpc) is 2.57. The largest absolute Gasteiger partial charge is 0.491 e. The minimum Gasteiger partial charge on any atom is -0.491 e. The predicted molar refractivity (Wildman–Crippen MR) is 86.1 cm³/mol. The molecule has 0 aliphatic carbocycles. The van der Waals surface area contributed by atoms with E-state index < -0.39 is 11.6 Å². The van der Waals surface area contributed by atoms with E-state index in [1.807, 2.05) is 12.1 Å². The topological polar surface area (TPSA) is 25.4 Å². The van der Waals surface area contributed by atoms with Crippen LogP contribution in [0.15, 0.2) is 36.7 Å². The fourth-order valence-corrected chi connectivity index (χ4v) is 2.45. The Labute approximate surface area is 135 Å². The summed E-state index contributed by atoms with van der Waals surface area (Å²) >= 11 is 0. The Morgan fingerprint density at radius 1 is 1.22 bits per heavy atom. The number of aromatic nitrogens is 1. The third kappa shape index (κ3) is 4.26. The van der Waals surface area contributed by atoms with Gasteiger partial charge in [0.05, 0.1) is 7.11 Å². The molecule has 1 atom stereocenters. The third-order valence-corrected chi connectivity index (χ3v) is 4.03. The zero-order valence-corrected chi connectivity index (χ0v) is 13.7. The summed E-state index contributed by atoms with van der Waals surface area (Å²) in [6.45, 7) is 5.21. The molecular formula is C18H22F2N2O. The van der Waals surface area contributed by atoms with E-state index in [1.165, 1.54) is 19.2 Å². The first-order valence-electron chi connectivity index (χ1n) is 7.70. The molecule has 0 unspecified atom stereocenters. The Morgan fingerprint density at radius 3 is 2.61 bits per heavy atom. The lowest BCUT2D eigenvalue weighted by Gasteiger charge is -2.28. The summed E-state index contributed by atoms with van der Waals surface area (Å²) in [5.74, 6) is -1.64. The van der Waals surface area contributed by atoms with Crippen LogP contribution in [0.2, 0.25) is 0 Å². The number of hydrogen-bond acceptors (Lipinski definition) is 3. The molecule has 23 heavy (non-hydrogen) atoms. The average molecular weight is 320 g/mol. The van der Waals surface area contributed by atoms with E-state index in [0.29, 0.717) is 18.7 Å². The maximum atomic E-state index is 14.4. The van der Waals surface area contributed by atoms with Gasteiger partial charge >= 0.3 is 0 Å². The zero-order valence-electron chi connectivity index (χ0n) is 13.7. The summed E-state index contributed by atoms with van der Waals surface area (Å²) in [4.78, 5) is 6.26. The molecule has 0 saturated carbocycles. The molecule has 0 aliphatic rings. The SMILES string of the molecule is CC[C@@H](C)N(Cc1cccnc1)Cc1ccc(F)c(OC)c1F. The second-order valence-corrected chi connectivity index (χ2v) is 5.58. The summed E-state index contributed by atoms with van der Waals surface area (Å²) < 4.78 is 32.8. The Morgan fingerprint density at radius 2 is 2.00 bits per heavy atom. The number of hydrogen-bond donors (Lipinski definition) is 0. The van der Waals surface area contributed by atoms with Crippen LogP contribution in [0.3, 0.4) is 0 Å². The monoisotopic (exact) mass is 320 g/mol. The van der Waals surface area contributed by atoms with Crippen LogP contribution in [0.4, 0.5) is 8.78 Å². The van der Waals surface area contributed by atoms with Crippen molar-refractivity contribution in [3.8, 4) is 5.75 Å². The van der Waals surface area contributed by atoms with Crippen LogP contribution in [-0.4, -0.2) is 23.0 Å². The lowest BCUT2D eigenvalue weighted by atomic mass is 10.1. The van der Waals surface area contributed by atoms with Gasteiger partial charge in [-0.2, -0.15) is 0 Å². The first-order valence-corrected chi connectivity index (χ1v) is 7.70. The highest BCUT2D eigenvalue weighted by Gasteiger charge is 2.19. The first kappa shape index (κ1) is 17.3. The van der Waals surface area contributed by atoms with Gasteiger partial charge in [-0.15, -0.1) is 0 Å². The van der Waals surface area contributed by atoms with Crippen molar-refractivity contribution in [2.75, 3.05) is 7.11 Å². The molecular weight excluding hydrogens is 298 g/mol. The number of halogens is 2. The van der Waals surface area contributed by atoms with Gasteiger partial charge in [-0.05, 0) is 31.0 Å². The van der Waals surface area contributed by atoms with E-state index in [4.69, 9.17) is 4.74 Å². The summed E-state index contributed by atoms with van der Waals surface area (Å²) in [5.41, 5.74) is 1.48. The van der Waals surface area contributed by atoms with Crippen LogP contribution >= 0.6 is 0 Å². The number of methoxy groups -OCH3 is 1. The second kappa shape index (κ2) is 8.02. The van der Waals surface area contributed by atoms with Crippen molar-refractivity contribution in [2.45, 2.75) is 39.4 Å². The lowest BCUT2D eigenvalue weighted by molar-refractivity contribution is 0.182. The van der Waals surface area contributed by atoms with Gasteiger partial charge in [-0.25, -0.2) is 8.78 Å². The van der Waals surface area contributed by atoms with Crippen LogP contribution in [0.25, 0.3) is 0 Å². The lowest BCUT2D eigenvalue weighted by Crippen LogP contribution is -2.32. The fourth-order valence-electron chi connectivity index (χ4n) is 2.45. The van der Waals surface area contributed by atoms with E-state index in [-0.39, 0.29) is 11.8 Å². The minimum atomic E-state index is -0.684. The molecule has 1 heterocycles. The van der Waals surface area contributed by atoms with Gasteiger partial charge in [0, 0.05) is 37.1 Å². The molecule has 124 valence electrons. The van der Waals surface area contributed by atoms with E-state index in [9.17, 15) is 8.78 Å². The molecule has 3 nitrogen and oxygen atoms in total. The molecule has 5 heteroatoms. The van der Waals surface area contributed by atoms with Crippen molar-refractivity contribution in [1.82, 2.24) is 9.88 Å². The van der Waals surface area contributed by atoms with Gasteiger partial charge < -0.3 is 4.74 Å². The van der Waals surface area contributed by atoms with E-state index in [2.05, 4.69) is 23.7 Å². The molecule has 0 fully saturated rings. The maximum absolute atomic E-state index is 14.4. The van der Waals surface area contributed by atoms with E-state index in [0.717, 1.165) is 12.0 Å². The van der Waals surface area contributed by atoms with Crippen molar-refractivity contribution >= 4 is 0 Å². The summed E-state index contributed by atoms with van der Waals surface area (Å²) in [7, 11) is 1.27. The van der Waals surface area contributed by atoms with E-state index >= 15 is 0 Å². The smallest absolute Gasteiger partial charge is 0.190 e. The Balaban J connectivity index is 2.24. The number of ether oxygens (including phenoxy) is 1. The zero-order chi connectivity index (χ0) is 16.8. The Hall–Kier alpha value is -2.01.